The second-order valence-corrected chi connectivity index (χ2v) is 4.21. The maximum absolute atomic E-state index is 13.7. The Labute approximate surface area is 106 Å². The van der Waals surface area contributed by atoms with E-state index in [1.54, 1.807) is 20.0 Å². The monoisotopic (exact) mass is 255 g/mol. The van der Waals surface area contributed by atoms with Crippen molar-refractivity contribution in [3.05, 3.63) is 29.6 Å². The van der Waals surface area contributed by atoms with Crippen LogP contribution in [0, 0.1) is 5.82 Å². The molecular weight excluding hydrogens is 237 g/mol. The molecule has 0 fully saturated rings. The number of methoxy groups -OCH3 is 1. The Morgan fingerprint density at radius 1 is 1.56 bits per heavy atom. The third kappa shape index (κ3) is 3.70. The molecule has 0 aliphatic carbocycles. The van der Waals surface area contributed by atoms with Gasteiger partial charge in [0, 0.05) is 19.7 Å². The molecule has 1 aromatic rings. The van der Waals surface area contributed by atoms with E-state index in [1.165, 1.54) is 24.1 Å². The first-order valence-corrected chi connectivity index (χ1v) is 5.72. The normalized spacial score (nSPS) is 12.1. The van der Waals surface area contributed by atoms with Crippen LogP contribution in [0.2, 0.25) is 0 Å². The molecule has 0 heterocycles. The molecule has 1 aromatic carbocycles. The number of aliphatic hydroxyl groups is 1. The van der Waals surface area contributed by atoms with Gasteiger partial charge in [-0.2, -0.15) is 0 Å². The number of amides is 1. The van der Waals surface area contributed by atoms with E-state index in [9.17, 15) is 9.18 Å². The van der Waals surface area contributed by atoms with E-state index < -0.39 is 17.8 Å². The van der Waals surface area contributed by atoms with Crippen LogP contribution in [0.5, 0.6) is 5.75 Å². The molecule has 0 aliphatic rings. The number of nitrogens with zero attached hydrogens (tertiary/aromatic N) is 1. The van der Waals surface area contributed by atoms with Gasteiger partial charge in [-0.15, -0.1) is 0 Å². The minimum Gasteiger partial charge on any atom is -0.497 e. The summed E-state index contributed by atoms with van der Waals surface area (Å²) in [5.41, 5.74) is 0.00360. The molecule has 1 unspecified atom stereocenters. The summed E-state index contributed by atoms with van der Waals surface area (Å²) >= 11 is 0. The third-order valence-corrected chi connectivity index (χ3v) is 2.64. The smallest absolute Gasteiger partial charge is 0.256 e. The summed E-state index contributed by atoms with van der Waals surface area (Å²) in [6.07, 6.45) is -0.0269. The quantitative estimate of drug-likeness (QED) is 0.870. The number of benzene rings is 1. The molecule has 0 aromatic heterocycles. The highest BCUT2D eigenvalue weighted by Crippen LogP contribution is 2.17. The Morgan fingerprint density at radius 3 is 2.72 bits per heavy atom. The molecule has 0 radical (unpaired) electrons. The molecule has 1 atom stereocenters. The zero-order chi connectivity index (χ0) is 13.7. The second kappa shape index (κ2) is 6.35. The summed E-state index contributed by atoms with van der Waals surface area (Å²) in [4.78, 5) is 13.3. The van der Waals surface area contributed by atoms with Crippen LogP contribution in [0.15, 0.2) is 18.2 Å². The maximum Gasteiger partial charge on any atom is 0.256 e. The number of halogens is 1. The van der Waals surface area contributed by atoms with Crippen molar-refractivity contribution in [3.8, 4) is 5.75 Å². The summed E-state index contributed by atoms with van der Waals surface area (Å²) in [5, 5.41) is 9.15. The summed E-state index contributed by atoms with van der Waals surface area (Å²) in [5.74, 6) is -0.644. The highest BCUT2D eigenvalue weighted by Gasteiger charge is 2.16. The Bertz CT molecular complexity index is 421. The minimum absolute atomic E-state index is 0.00360. The summed E-state index contributed by atoms with van der Waals surface area (Å²) < 4.78 is 18.5. The molecule has 0 aliphatic heterocycles. The predicted molar refractivity (Wildman–Crippen MR) is 66.2 cm³/mol. The van der Waals surface area contributed by atoms with Crippen LogP contribution in [0.4, 0.5) is 4.39 Å². The Balaban J connectivity index is 2.77. The lowest BCUT2D eigenvalue weighted by molar-refractivity contribution is 0.0764. The van der Waals surface area contributed by atoms with Crippen LogP contribution >= 0.6 is 0 Å². The van der Waals surface area contributed by atoms with Gasteiger partial charge in [-0.1, -0.05) is 0 Å². The summed E-state index contributed by atoms with van der Waals surface area (Å²) in [6.45, 7) is 2.02. The van der Waals surface area contributed by atoms with Crippen LogP contribution in [0.3, 0.4) is 0 Å². The Hall–Kier alpha value is -1.62. The van der Waals surface area contributed by atoms with Crippen LogP contribution in [-0.4, -0.2) is 42.7 Å². The predicted octanol–water partition coefficient (Wildman–Crippen LogP) is 1.68. The zero-order valence-electron chi connectivity index (χ0n) is 10.8. The first kappa shape index (κ1) is 14.4. The minimum atomic E-state index is -0.608. The van der Waals surface area contributed by atoms with Gasteiger partial charge in [0.25, 0.3) is 5.91 Å². The number of carbonyl (C=O) groups excluding carboxylic acids is 1. The van der Waals surface area contributed by atoms with E-state index in [2.05, 4.69) is 0 Å². The molecule has 1 amide bonds. The highest BCUT2D eigenvalue weighted by atomic mass is 19.1. The largest absolute Gasteiger partial charge is 0.497 e. The van der Waals surface area contributed by atoms with E-state index in [1.807, 2.05) is 0 Å². The molecule has 100 valence electrons. The third-order valence-electron chi connectivity index (χ3n) is 2.64. The highest BCUT2D eigenvalue weighted by molar-refractivity contribution is 5.94. The van der Waals surface area contributed by atoms with Gasteiger partial charge in [0.1, 0.15) is 11.6 Å². The first-order valence-electron chi connectivity index (χ1n) is 5.72. The molecule has 0 saturated heterocycles. The van der Waals surface area contributed by atoms with Gasteiger partial charge in [-0.05, 0) is 25.5 Å². The van der Waals surface area contributed by atoms with Gasteiger partial charge in [0.15, 0.2) is 0 Å². The zero-order valence-corrected chi connectivity index (χ0v) is 10.8. The van der Waals surface area contributed by atoms with E-state index in [-0.39, 0.29) is 5.56 Å². The van der Waals surface area contributed by atoms with Crippen molar-refractivity contribution >= 4 is 5.91 Å². The molecule has 0 saturated carbocycles. The van der Waals surface area contributed by atoms with Gasteiger partial charge in [-0.3, -0.25) is 4.79 Å². The number of carbonyl (C=O) groups is 1. The fourth-order valence-corrected chi connectivity index (χ4v) is 1.48. The fourth-order valence-electron chi connectivity index (χ4n) is 1.48. The fraction of sp³-hybridized carbons (Fsp3) is 0.462. The van der Waals surface area contributed by atoms with Crippen LogP contribution in [0.1, 0.15) is 23.7 Å². The molecule has 18 heavy (non-hydrogen) atoms. The van der Waals surface area contributed by atoms with Gasteiger partial charge in [0.05, 0.1) is 18.8 Å². The van der Waals surface area contributed by atoms with Crippen LogP contribution in [-0.2, 0) is 0 Å². The van der Waals surface area contributed by atoms with Crippen molar-refractivity contribution in [1.29, 1.82) is 0 Å². The van der Waals surface area contributed by atoms with Crippen molar-refractivity contribution < 1.29 is 19.0 Å². The van der Waals surface area contributed by atoms with Gasteiger partial charge in [-0.25, -0.2) is 4.39 Å². The average molecular weight is 255 g/mol. The van der Waals surface area contributed by atoms with Crippen LogP contribution in [0.25, 0.3) is 0 Å². The molecular formula is C13H18FNO3. The van der Waals surface area contributed by atoms with Crippen molar-refractivity contribution in [1.82, 2.24) is 4.90 Å². The van der Waals surface area contributed by atoms with Gasteiger partial charge in [0.2, 0.25) is 0 Å². The molecule has 1 N–H and O–H groups in total. The lowest BCUT2D eigenvalue weighted by Crippen LogP contribution is -2.30. The van der Waals surface area contributed by atoms with E-state index >= 15 is 0 Å². The number of rotatable bonds is 5. The molecule has 0 bridgehead atoms. The SMILES string of the molecule is COc1ccc(C(=O)N(C)CCC(C)O)c(F)c1. The van der Waals surface area contributed by atoms with Gasteiger partial charge < -0.3 is 14.7 Å². The number of hydrogen-bond donors (Lipinski definition) is 1. The lowest BCUT2D eigenvalue weighted by Gasteiger charge is -2.18. The van der Waals surface area contributed by atoms with Crippen molar-refractivity contribution in [2.45, 2.75) is 19.4 Å². The van der Waals surface area contributed by atoms with Crippen molar-refractivity contribution in [2.24, 2.45) is 0 Å². The summed E-state index contributed by atoms with van der Waals surface area (Å²) in [6, 6.07) is 4.12. The topological polar surface area (TPSA) is 49.8 Å². The molecule has 1 rings (SSSR count). The second-order valence-electron chi connectivity index (χ2n) is 4.21. The van der Waals surface area contributed by atoms with E-state index in [4.69, 9.17) is 9.84 Å². The first-order chi connectivity index (χ1) is 8.45. The lowest BCUT2D eigenvalue weighted by atomic mass is 10.1. The number of hydrogen-bond acceptors (Lipinski definition) is 3. The molecule has 0 spiro atoms. The van der Waals surface area contributed by atoms with Crippen molar-refractivity contribution in [2.75, 3.05) is 20.7 Å². The number of ether oxygens (including phenoxy) is 1. The Morgan fingerprint density at radius 2 is 2.22 bits per heavy atom. The Kier molecular flexibility index (Phi) is 5.09. The average Bonchev–Trinajstić information content (AvgIpc) is 2.34. The van der Waals surface area contributed by atoms with Crippen molar-refractivity contribution in [3.63, 3.8) is 0 Å². The van der Waals surface area contributed by atoms with E-state index in [0.717, 1.165) is 0 Å². The summed E-state index contributed by atoms with van der Waals surface area (Å²) in [7, 11) is 3.01. The molecule has 4 nitrogen and oxygen atoms in total. The molecule has 5 heteroatoms. The standard InChI is InChI=1S/C13H18FNO3/c1-9(16)6-7-15(2)13(17)11-5-4-10(18-3)8-12(11)14/h4-5,8-9,16H,6-7H2,1-3H3. The van der Waals surface area contributed by atoms with E-state index in [0.29, 0.717) is 18.7 Å². The van der Waals surface area contributed by atoms with Gasteiger partial charge >= 0.3 is 0 Å². The number of aliphatic hydroxyl groups excluding tert-OH is 1. The maximum atomic E-state index is 13.7. The van der Waals surface area contributed by atoms with Crippen LogP contribution < -0.4 is 4.74 Å².